The van der Waals surface area contributed by atoms with Gasteiger partial charge in [-0.05, 0) is 0 Å². The van der Waals surface area contributed by atoms with E-state index < -0.39 is 48.5 Å². The number of aliphatic hydroxyl groups excluding tert-OH is 2. The predicted octanol–water partition coefficient (Wildman–Crippen LogP) is -2.72. The Labute approximate surface area is 103 Å². The Morgan fingerprint density at radius 1 is 1.44 bits per heavy atom. The zero-order valence-electron chi connectivity index (χ0n) is 10.1. The zero-order chi connectivity index (χ0) is 14.1. The van der Waals surface area contributed by atoms with Gasteiger partial charge in [0.2, 0.25) is 5.79 Å². The normalized spacial score (nSPS) is 40.3. The summed E-state index contributed by atoms with van der Waals surface area (Å²) in [5, 5.41) is 28.8. The van der Waals surface area contributed by atoms with Crippen LogP contribution < -0.4 is 5.73 Å². The fraction of sp³-hybridized carbons (Fsp3) is 0.800. The van der Waals surface area contributed by atoms with Gasteiger partial charge in [-0.25, -0.2) is 0 Å². The van der Waals surface area contributed by atoms with Gasteiger partial charge in [0, 0.05) is 13.8 Å². The molecule has 0 spiro atoms. The Balaban J connectivity index is 3.06. The Bertz CT molecular complexity index is 347. The molecule has 1 rings (SSSR count). The van der Waals surface area contributed by atoms with Gasteiger partial charge in [-0.15, -0.1) is 0 Å². The summed E-state index contributed by atoms with van der Waals surface area (Å²) in [4.78, 5) is 22.3. The van der Waals surface area contributed by atoms with Crippen molar-refractivity contribution in [1.82, 2.24) is 0 Å². The highest BCUT2D eigenvalue weighted by Crippen LogP contribution is 2.29. The minimum atomic E-state index is -2.41. The summed E-state index contributed by atoms with van der Waals surface area (Å²) in [7, 11) is 0. The fourth-order valence-electron chi connectivity index (χ4n) is 1.82. The maximum Gasteiger partial charge on any atom is 0.303 e. The first-order chi connectivity index (χ1) is 8.24. The Morgan fingerprint density at radius 3 is 2.39 bits per heavy atom. The van der Waals surface area contributed by atoms with Gasteiger partial charge in [-0.3, -0.25) is 9.59 Å². The van der Waals surface area contributed by atoms with Crippen molar-refractivity contribution in [2.24, 2.45) is 5.73 Å². The molecule has 5 atom stereocenters. The van der Waals surface area contributed by atoms with Crippen LogP contribution in [0.1, 0.15) is 13.8 Å². The standard InChI is InChI=1S/C10H17NO7/c1-4(13)10(16)9(11)8(17-5(2)14)7(15)6(3-12)18-10/h6-9,12,15-16H,3,11H2,1-2H3/t6-,7-,8+,9-,10?/m1/s1. The highest BCUT2D eigenvalue weighted by atomic mass is 16.7. The van der Waals surface area contributed by atoms with Crippen LogP contribution in [0.3, 0.4) is 0 Å². The number of rotatable bonds is 3. The predicted molar refractivity (Wildman–Crippen MR) is 57.1 cm³/mol. The number of ketones is 1. The molecule has 1 fully saturated rings. The quantitative estimate of drug-likeness (QED) is 0.402. The van der Waals surface area contributed by atoms with E-state index in [1.165, 1.54) is 0 Å². The van der Waals surface area contributed by atoms with Crippen molar-refractivity contribution in [3.63, 3.8) is 0 Å². The van der Waals surface area contributed by atoms with Crippen molar-refractivity contribution < 1.29 is 34.4 Å². The van der Waals surface area contributed by atoms with Crippen LogP contribution >= 0.6 is 0 Å². The Hall–Kier alpha value is -1.06. The first-order valence-electron chi connectivity index (χ1n) is 5.37. The maximum absolute atomic E-state index is 11.4. The van der Waals surface area contributed by atoms with Crippen molar-refractivity contribution >= 4 is 11.8 Å². The van der Waals surface area contributed by atoms with E-state index in [2.05, 4.69) is 0 Å². The van der Waals surface area contributed by atoms with E-state index in [1.807, 2.05) is 0 Å². The van der Waals surface area contributed by atoms with Crippen molar-refractivity contribution in [2.45, 2.75) is 44.0 Å². The number of ether oxygens (including phenoxy) is 2. The molecule has 0 aliphatic carbocycles. The Morgan fingerprint density at radius 2 is 2.00 bits per heavy atom. The van der Waals surface area contributed by atoms with Gasteiger partial charge in [0.05, 0.1) is 6.61 Å². The molecule has 0 bridgehead atoms. The minimum absolute atomic E-state index is 0.665. The second-order valence-electron chi connectivity index (χ2n) is 4.18. The molecule has 104 valence electrons. The molecule has 1 saturated heterocycles. The van der Waals surface area contributed by atoms with E-state index >= 15 is 0 Å². The zero-order valence-corrected chi connectivity index (χ0v) is 10.1. The van der Waals surface area contributed by atoms with E-state index in [1.54, 1.807) is 0 Å². The summed E-state index contributed by atoms with van der Waals surface area (Å²) < 4.78 is 9.69. The van der Waals surface area contributed by atoms with Crippen LogP contribution in [0.25, 0.3) is 0 Å². The van der Waals surface area contributed by atoms with E-state index in [9.17, 15) is 19.8 Å². The third-order valence-electron chi connectivity index (χ3n) is 2.84. The lowest BCUT2D eigenvalue weighted by atomic mass is 9.88. The van der Waals surface area contributed by atoms with Crippen LogP contribution in [0.2, 0.25) is 0 Å². The molecule has 1 aliphatic heterocycles. The van der Waals surface area contributed by atoms with Gasteiger partial charge in [-0.1, -0.05) is 0 Å². The number of nitrogens with two attached hydrogens (primary N) is 1. The molecule has 18 heavy (non-hydrogen) atoms. The summed E-state index contributed by atoms with van der Waals surface area (Å²) >= 11 is 0. The molecule has 5 N–H and O–H groups in total. The van der Waals surface area contributed by atoms with Crippen LogP contribution in [-0.4, -0.2) is 63.8 Å². The molecule has 0 aromatic heterocycles. The summed E-state index contributed by atoms with van der Waals surface area (Å²) in [5.74, 6) is -3.95. The first-order valence-corrected chi connectivity index (χ1v) is 5.37. The molecule has 1 unspecified atom stereocenters. The number of carbonyl (C=O) groups is 2. The lowest BCUT2D eigenvalue weighted by Crippen LogP contribution is -2.71. The van der Waals surface area contributed by atoms with Gasteiger partial charge in [0.1, 0.15) is 18.2 Å². The molecule has 1 heterocycles. The van der Waals surface area contributed by atoms with Gasteiger partial charge in [0.15, 0.2) is 11.9 Å². The first kappa shape index (κ1) is 15.0. The van der Waals surface area contributed by atoms with Crippen molar-refractivity contribution in [1.29, 1.82) is 0 Å². The molecular weight excluding hydrogens is 246 g/mol. The number of hydrogen-bond donors (Lipinski definition) is 4. The highest BCUT2D eigenvalue weighted by Gasteiger charge is 2.56. The fourth-order valence-corrected chi connectivity index (χ4v) is 1.82. The molecule has 8 nitrogen and oxygen atoms in total. The van der Waals surface area contributed by atoms with Gasteiger partial charge in [0.25, 0.3) is 0 Å². The van der Waals surface area contributed by atoms with Crippen molar-refractivity contribution in [3.8, 4) is 0 Å². The van der Waals surface area contributed by atoms with Crippen LogP contribution in [0, 0.1) is 0 Å². The number of carbonyl (C=O) groups excluding carboxylic acids is 2. The molecular formula is C10H17NO7. The summed E-state index contributed by atoms with van der Waals surface area (Å²) in [5.41, 5.74) is 5.60. The van der Waals surface area contributed by atoms with Crippen LogP contribution in [0.15, 0.2) is 0 Å². The van der Waals surface area contributed by atoms with Crippen LogP contribution in [-0.2, 0) is 19.1 Å². The highest BCUT2D eigenvalue weighted by molar-refractivity contribution is 5.84. The van der Waals surface area contributed by atoms with E-state index in [0.29, 0.717) is 0 Å². The lowest BCUT2D eigenvalue weighted by molar-refractivity contribution is -0.298. The molecule has 0 aromatic carbocycles. The largest absolute Gasteiger partial charge is 0.458 e. The molecule has 1 aliphatic rings. The average Bonchev–Trinajstić information content (AvgIpc) is 2.28. The number of hydrogen-bond acceptors (Lipinski definition) is 8. The topological polar surface area (TPSA) is 139 Å². The van der Waals surface area contributed by atoms with E-state index in [-0.39, 0.29) is 0 Å². The van der Waals surface area contributed by atoms with Gasteiger partial charge < -0.3 is 30.5 Å². The Kier molecular flexibility index (Phi) is 4.41. The number of esters is 1. The third-order valence-corrected chi connectivity index (χ3v) is 2.84. The smallest absolute Gasteiger partial charge is 0.303 e. The minimum Gasteiger partial charge on any atom is -0.458 e. The second kappa shape index (κ2) is 5.29. The molecule has 0 radical (unpaired) electrons. The maximum atomic E-state index is 11.4. The molecule has 8 heteroatoms. The van der Waals surface area contributed by atoms with Crippen molar-refractivity contribution in [2.75, 3.05) is 6.61 Å². The van der Waals surface area contributed by atoms with E-state index in [0.717, 1.165) is 13.8 Å². The molecule has 0 amide bonds. The number of Topliss-reactive ketones (excluding diaryl/α,β-unsaturated/α-hetero) is 1. The third kappa shape index (κ3) is 2.52. The van der Waals surface area contributed by atoms with Crippen LogP contribution in [0.4, 0.5) is 0 Å². The summed E-state index contributed by atoms with van der Waals surface area (Å²) in [6.07, 6.45) is -4.06. The average molecular weight is 263 g/mol. The van der Waals surface area contributed by atoms with Gasteiger partial charge in [-0.2, -0.15) is 0 Å². The number of aliphatic hydroxyl groups is 3. The van der Waals surface area contributed by atoms with Gasteiger partial charge >= 0.3 is 5.97 Å². The molecule has 0 saturated carbocycles. The SMILES string of the molecule is CC(=O)O[C@H]1[C@H](O)[C@@H](CO)OC(O)(C(C)=O)[C@@H]1N. The lowest BCUT2D eigenvalue weighted by Gasteiger charge is -2.45. The monoisotopic (exact) mass is 263 g/mol. The molecule has 0 aromatic rings. The summed E-state index contributed by atoms with van der Waals surface area (Å²) in [6, 6.07) is -1.45. The van der Waals surface area contributed by atoms with E-state index in [4.69, 9.17) is 20.3 Å². The second-order valence-corrected chi connectivity index (χ2v) is 4.18. The summed E-state index contributed by atoms with van der Waals surface area (Å²) in [6.45, 7) is 1.47. The van der Waals surface area contributed by atoms with Crippen molar-refractivity contribution in [3.05, 3.63) is 0 Å². The van der Waals surface area contributed by atoms with Crippen LogP contribution in [0.5, 0.6) is 0 Å².